The molecule has 3 aromatic rings. The highest BCUT2D eigenvalue weighted by Crippen LogP contribution is 2.30. The average molecular weight is 397 g/mol. The summed E-state index contributed by atoms with van der Waals surface area (Å²) in [7, 11) is 1.49. The fourth-order valence-corrected chi connectivity index (χ4v) is 3.15. The first-order chi connectivity index (χ1) is 11.9. The van der Waals surface area contributed by atoms with Gasteiger partial charge < -0.3 is 5.11 Å². The summed E-state index contributed by atoms with van der Waals surface area (Å²) in [6.07, 6.45) is 1.13. The van der Waals surface area contributed by atoms with Gasteiger partial charge in [0.2, 0.25) is 0 Å². The zero-order valence-corrected chi connectivity index (χ0v) is 15.0. The summed E-state index contributed by atoms with van der Waals surface area (Å²) in [6, 6.07) is 5.10. The van der Waals surface area contributed by atoms with E-state index in [2.05, 4.69) is 15.4 Å². The van der Waals surface area contributed by atoms with Gasteiger partial charge in [-0.15, -0.1) is 11.3 Å². The van der Waals surface area contributed by atoms with Crippen LogP contribution in [0.2, 0.25) is 10.0 Å². The molecule has 3 rings (SSSR count). The van der Waals surface area contributed by atoms with Crippen molar-refractivity contribution in [3.8, 4) is 11.3 Å². The highest BCUT2D eigenvalue weighted by atomic mass is 35.5. The van der Waals surface area contributed by atoms with E-state index in [9.17, 15) is 9.59 Å². The molecule has 1 aromatic carbocycles. The van der Waals surface area contributed by atoms with Gasteiger partial charge in [0.05, 0.1) is 21.9 Å². The Labute approximate surface area is 155 Å². The molecule has 0 bridgehead atoms. The molecule has 25 heavy (non-hydrogen) atoms. The summed E-state index contributed by atoms with van der Waals surface area (Å²) in [5.41, 5.74) is 1.13. The quantitative estimate of drug-likeness (QED) is 0.698. The Balaban J connectivity index is 1.84. The SMILES string of the molecule is Cn1ncc(C(=O)O)c1C(=O)Nc1nc(-c2ccc(Cl)c(Cl)c2)cs1. The number of benzene rings is 1. The van der Waals surface area contributed by atoms with Crippen LogP contribution in [0.25, 0.3) is 11.3 Å². The Morgan fingerprint density at radius 1 is 1.28 bits per heavy atom. The van der Waals surface area contributed by atoms with Crippen molar-refractivity contribution in [2.24, 2.45) is 7.05 Å². The summed E-state index contributed by atoms with van der Waals surface area (Å²) in [4.78, 5) is 27.8. The molecule has 0 aliphatic heterocycles. The number of nitrogens with zero attached hydrogens (tertiary/aromatic N) is 3. The number of carboxylic acids is 1. The van der Waals surface area contributed by atoms with E-state index in [-0.39, 0.29) is 11.3 Å². The van der Waals surface area contributed by atoms with Crippen LogP contribution in [0.5, 0.6) is 0 Å². The van der Waals surface area contributed by atoms with Crippen molar-refractivity contribution in [3.05, 3.63) is 51.1 Å². The number of aromatic carboxylic acids is 1. The van der Waals surface area contributed by atoms with Gasteiger partial charge in [-0.1, -0.05) is 29.3 Å². The van der Waals surface area contributed by atoms with Crippen LogP contribution >= 0.6 is 34.5 Å². The second-order valence-corrected chi connectivity index (χ2v) is 6.63. The van der Waals surface area contributed by atoms with Crippen molar-refractivity contribution in [1.82, 2.24) is 14.8 Å². The predicted octanol–water partition coefficient (Wildman–Crippen LogP) is 3.80. The molecule has 0 saturated carbocycles. The van der Waals surface area contributed by atoms with Crippen LogP contribution in [-0.2, 0) is 7.05 Å². The van der Waals surface area contributed by atoms with Gasteiger partial charge in [0.25, 0.3) is 5.91 Å². The third kappa shape index (κ3) is 3.51. The normalized spacial score (nSPS) is 10.7. The Morgan fingerprint density at radius 2 is 2.04 bits per heavy atom. The van der Waals surface area contributed by atoms with E-state index in [4.69, 9.17) is 28.3 Å². The molecule has 0 unspecified atom stereocenters. The second-order valence-electron chi connectivity index (χ2n) is 4.96. The van der Waals surface area contributed by atoms with Crippen molar-refractivity contribution in [3.63, 3.8) is 0 Å². The van der Waals surface area contributed by atoms with Gasteiger partial charge in [-0.3, -0.25) is 14.8 Å². The van der Waals surface area contributed by atoms with Gasteiger partial charge in [0.1, 0.15) is 11.3 Å². The van der Waals surface area contributed by atoms with E-state index in [0.717, 1.165) is 11.8 Å². The number of rotatable bonds is 4. The molecule has 0 spiro atoms. The zero-order chi connectivity index (χ0) is 18.1. The summed E-state index contributed by atoms with van der Waals surface area (Å²) in [5, 5.41) is 18.4. The number of thiazole rings is 1. The van der Waals surface area contributed by atoms with Crippen LogP contribution in [0.3, 0.4) is 0 Å². The number of amides is 1. The number of carbonyl (C=O) groups is 2. The van der Waals surface area contributed by atoms with E-state index in [1.54, 1.807) is 23.6 Å². The van der Waals surface area contributed by atoms with E-state index < -0.39 is 11.9 Å². The molecule has 7 nitrogen and oxygen atoms in total. The number of nitrogens with one attached hydrogen (secondary N) is 1. The largest absolute Gasteiger partial charge is 0.478 e. The molecule has 2 aromatic heterocycles. The summed E-state index contributed by atoms with van der Waals surface area (Å²) < 4.78 is 1.20. The first kappa shape index (κ1) is 17.4. The van der Waals surface area contributed by atoms with Crippen molar-refractivity contribution >= 4 is 51.5 Å². The van der Waals surface area contributed by atoms with Gasteiger partial charge in [-0.25, -0.2) is 9.78 Å². The smallest absolute Gasteiger partial charge is 0.339 e. The maximum atomic E-state index is 12.4. The van der Waals surface area contributed by atoms with Gasteiger partial charge in [-0.2, -0.15) is 5.10 Å². The monoisotopic (exact) mass is 396 g/mol. The van der Waals surface area contributed by atoms with Crippen LogP contribution in [0.1, 0.15) is 20.8 Å². The molecular formula is C15H10Cl2N4O3S. The zero-order valence-electron chi connectivity index (χ0n) is 12.7. The number of aromatic nitrogens is 3. The highest BCUT2D eigenvalue weighted by molar-refractivity contribution is 7.14. The molecular weight excluding hydrogens is 387 g/mol. The van der Waals surface area contributed by atoms with Crippen molar-refractivity contribution < 1.29 is 14.7 Å². The fraction of sp³-hybridized carbons (Fsp3) is 0.0667. The molecule has 0 saturated heterocycles. The summed E-state index contributed by atoms with van der Waals surface area (Å²) in [6.45, 7) is 0. The van der Waals surface area contributed by atoms with E-state index in [1.807, 2.05) is 0 Å². The number of anilines is 1. The fourth-order valence-electron chi connectivity index (χ4n) is 2.14. The molecule has 1 amide bonds. The minimum Gasteiger partial charge on any atom is -0.478 e. The Hall–Kier alpha value is -2.42. The average Bonchev–Trinajstić information content (AvgIpc) is 3.16. The number of carboxylic acid groups (broad SMARTS) is 1. The maximum absolute atomic E-state index is 12.4. The maximum Gasteiger partial charge on any atom is 0.339 e. The van der Waals surface area contributed by atoms with Gasteiger partial charge in [0.15, 0.2) is 5.13 Å². The molecule has 0 aliphatic rings. The standard InChI is InChI=1S/C15H10Cl2N4O3S/c1-21-12(8(5-18-21)14(23)24)13(22)20-15-19-11(6-25-15)7-2-3-9(16)10(17)4-7/h2-6H,1H3,(H,23,24)(H,19,20,22). The third-order valence-corrected chi connectivity index (χ3v) is 4.82. The molecule has 10 heteroatoms. The predicted molar refractivity (Wildman–Crippen MR) is 95.7 cm³/mol. The lowest BCUT2D eigenvalue weighted by Crippen LogP contribution is -2.19. The van der Waals surface area contributed by atoms with E-state index in [0.29, 0.717) is 20.9 Å². The van der Waals surface area contributed by atoms with Crippen LogP contribution in [0.4, 0.5) is 5.13 Å². The van der Waals surface area contributed by atoms with E-state index in [1.165, 1.54) is 23.1 Å². The molecule has 0 aliphatic carbocycles. The summed E-state index contributed by atoms with van der Waals surface area (Å²) >= 11 is 13.1. The lowest BCUT2D eigenvalue weighted by Gasteiger charge is -2.03. The Bertz CT molecular complexity index is 983. The number of hydrogen-bond acceptors (Lipinski definition) is 5. The molecule has 2 heterocycles. The van der Waals surface area contributed by atoms with Gasteiger partial charge >= 0.3 is 5.97 Å². The lowest BCUT2D eigenvalue weighted by molar-refractivity contribution is 0.0692. The number of carbonyl (C=O) groups excluding carboxylic acids is 1. The number of halogens is 2. The number of hydrogen-bond donors (Lipinski definition) is 2. The third-order valence-electron chi connectivity index (χ3n) is 3.32. The lowest BCUT2D eigenvalue weighted by atomic mass is 10.2. The molecule has 2 N–H and O–H groups in total. The van der Waals surface area contributed by atoms with Crippen molar-refractivity contribution in [2.75, 3.05) is 5.32 Å². The van der Waals surface area contributed by atoms with Crippen molar-refractivity contribution in [1.29, 1.82) is 0 Å². The number of aryl methyl sites for hydroxylation is 1. The minimum absolute atomic E-state index is 0.0567. The topological polar surface area (TPSA) is 97.1 Å². The van der Waals surface area contributed by atoms with Gasteiger partial charge in [0, 0.05) is 18.0 Å². The Kier molecular flexibility index (Phi) is 4.76. The minimum atomic E-state index is -1.23. The van der Waals surface area contributed by atoms with Crippen LogP contribution in [-0.4, -0.2) is 31.7 Å². The molecule has 128 valence electrons. The first-order valence-electron chi connectivity index (χ1n) is 6.84. The van der Waals surface area contributed by atoms with Crippen LogP contribution < -0.4 is 5.32 Å². The second kappa shape index (κ2) is 6.83. The molecule has 0 radical (unpaired) electrons. The van der Waals surface area contributed by atoms with Crippen LogP contribution in [0.15, 0.2) is 29.8 Å². The Morgan fingerprint density at radius 3 is 2.72 bits per heavy atom. The van der Waals surface area contributed by atoms with Crippen molar-refractivity contribution in [2.45, 2.75) is 0 Å². The molecule has 0 fully saturated rings. The van der Waals surface area contributed by atoms with Gasteiger partial charge in [-0.05, 0) is 12.1 Å². The van der Waals surface area contributed by atoms with Crippen LogP contribution in [0, 0.1) is 0 Å². The molecule has 0 atom stereocenters. The highest BCUT2D eigenvalue weighted by Gasteiger charge is 2.22. The van der Waals surface area contributed by atoms with E-state index >= 15 is 0 Å². The first-order valence-corrected chi connectivity index (χ1v) is 8.48. The summed E-state index contributed by atoms with van der Waals surface area (Å²) in [5.74, 6) is -1.83.